The van der Waals surface area contributed by atoms with Crippen LogP contribution in [0.1, 0.15) is 11.1 Å². The van der Waals surface area contributed by atoms with E-state index in [2.05, 4.69) is 28.4 Å². The van der Waals surface area contributed by atoms with E-state index in [1.165, 1.54) is 22.9 Å². The molecule has 27 heavy (non-hydrogen) atoms. The molecular formula is C19H23Cl2N3O2S. The summed E-state index contributed by atoms with van der Waals surface area (Å²) in [5.41, 5.74) is 3.94. The predicted molar refractivity (Wildman–Crippen MR) is 111 cm³/mol. The van der Waals surface area contributed by atoms with Gasteiger partial charge in [0.15, 0.2) is 0 Å². The molecule has 0 atom stereocenters. The van der Waals surface area contributed by atoms with E-state index in [1.54, 1.807) is 22.5 Å². The molecule has 2 aliphatic heterocycles. The lowest BCUT2D eigenvalue weighted by atomic mass is 10.1. The number of piperazine rings is 1. The Morgan fingerprint density at radius 2 is 1.78 bits per heavy atom. The van der Waals surface area contributed by atoms with Gasteiger partial charge in [-0.2, -0.15) is 4.31 Å². The molecule has 1 saturated heterocycles. The van der Waals surface area contributed by atoms with E-state index in [9.17, 15) is 8.42 Å². The van der Waals surface area contributed by atoms with Gasteiger partial charge in [-0.15, -0.1) is 12.4 Å². The minimum absolute atomic E-state index is 0. The number of para-hydroxylation sites is 1. The first kappa shape index (κ1) is 20.4. The van der Waals surface area contributed by atoms with E-state index in [0.29, 0.717) is 18.1 Å². The van der Waals surface area contributed by atoms with Crippen LogP contribution in [0.15, 0.2) is 47.4 Å². The molecule has 0 unspecified atom stereocenters. The lowest BCUT2D eigenvalue weighted by Crippen LogP contribution is -2.48. The summed E-state index contributed by atoms with van der Waals surface area (Å²) in [4.78, 5) is 2.59. The lowest BCUT2D eigenvalue weighted by molar-refractivity contribution is 0.182. The molecule has 0 radical (unpaired) electrons. The fourth-order valence-electron chi connectivity index (χ4n) is 3.69. The van der Waals surface area contributed by atoms with Gasteiger partial charge in [-0.1, -0.05) is 35.9 Å². The highest BCUT2D eigenvalue weighted by molar-refractivity contribution is 7.89. The monoisotopic (exact) mass is 427 g/mol. The van der Waals surface area contributed by atoms with Crippen LogP contribution in [0.5, 0.6) is 0 Å². The van der Waals surface area contributed by atoms with Crippen molar-refractivity contribution in [2.24, 2.45) is 0 Å². The summed E-state index contributed by atoms with van der Waals surface area (Å²) in [5, 5.41) is 3.91. The van der Waals surface area contributed by atoms with E-state index < -0.39 is 10.0 Å². The second kappa shape index (κ2) is 8.37. The molecule has 0 bridgehead atoms. The Balaban J connectivity index is 0.00000210. The summed E-state index contributed by atoms with van der Waals surface area (Å²) in [5.74, 6) is 0. The van der Waals surface area contributed by atoms with Crippen LogP contribution < -0.4 is 5.32 Å². The second-order valence-electron chi connectivity index (χ2n) is 6.77. The van der Waals surface area contributed by atoms with Gasteiger partial charge in [0.1, 0.15) is 0 Å². The average Bonchev–Trinajstić information content (AvgIpc) is 3.12. The zero-order valence-electron chi connectivity index (χ0n) is 14.9. The van der Waals surface area contributed by atoms with Crippen molar-refractivity contribution in [3.05, 3.63) is 58.6 Å². The molecule has 2 aromatic rings. The SMILES string of the molecule is Cl.O=S(=O)(c1cccc(Cl)c1)N1CCN(Cc2cccc3c2NCC3)CC1. The minimum Gasteiger partial charge on any atom is -0.384 e. The van der Waals surface area contributed by atoms with Gasteiger partial charge in [0.25, 0.3) is 0 Å². The Morgan fingerprint density at radius 1 is 1.04 bits per heavy atom. The van der Waals surface area contributed by atoms with Crippen LogP contribution in [0.2, 0.25) is 5.02 Å². The molecule has 0 aliphatic carbocycles. The molecule has 0 aromatic heterocycles. The molecule has 0 spiro atoms. The number of halogens is 2. The summed E-state index contributed by atoms with van der Waals surface area (Å²) in [6.07, 6.45) is 1.08. The van der Waals surface area contributed by atoms with Crippen molar-refractivity contribution in [3.63, 3.8) is 0 Å². The number of hydrogen-bond acceptors (Lipinski definition) is 4. The van der Waals surface area contributed by atoms with E-state index in [4.69, 9.17) is 11.6 Å². The first-order valence-corrected chi connectivity index (χ1v) is 10.7. The van der Waals surface area contributed by atoms with Crippen LogP contribution in [0.3, 0.4) is 0 Å². The van der Waals surface area contributed by atoms with Gasteiger partial charge in [0.2, 0.25) is 10.0 Å². The summed E-state index contributed by atoms with van der Waals surface area (Å²) >= 11 is 5.95. The van der Waals surface area contributed by atoms with Crippen molar-refractivity contribution in [1.29, 1.82) is 0 Å². The normalized spacial score (nSPS) is 17.8. The number of sulfonamides is 1. The number of rotatable bonds is 4. The van der Waals surface area contributed by atoms with Gasteiger partial charge in [0, 0.05) is 50.0 Å². The summed E-state index contributed by atoms with van der Waals surface area (Å²) < 4.78 is 27.2. The van der Waals surface area contributed by atoms with Crippen molar-refractivity contribution in [2.45, 2.75) is 17.9 Å². The Kier molecular flexibility index (Phi) is 6.33. The lowest BCUT2D eigenvalue weighted by Gasteiger charge is -2.34. The Morgan fingerprint density at radius 3 is 2.52 bits per heavy atom. The van der Waals surface area contributed by atoms with Gasteiger partial charge < -0.3 is 5.32 Å². The van der Waals surface area contributed by atoms with Crippen molar-refractivity contribution in [3.8, 4) is 0 Å². The highest BCUT2D eigenvalue weighted by Gasteiger charge is 2.29. The zero-order valence-corrected chi connectivity index (χ0v) is 17.3. The highest BCUT2D eigenvalue weighted by Crippen LogP contribution is 2.28. The third-order valence-electron chi connectivity index (χ3n) is 5.09. The first-order valence-electron chi connectivity index (χ1n) is 8.87. The molecule has 0 amide bonds. The van der Waals surface area contributed by atoms with Crippen molar-refractivity contribution >= 4 is 39.7 Å². The van der Waals surface area contributed by atoms with Crippen LogP contribution in [0, 0.1) is 0 Å². The Bertz CT molecular complexity index is 913. The van der Waals surface area contributed by atoms with Crippen LogP contribution in [-0.2, 0) is 23.0 Å². The standard InChI is InChI=1S/C19H22ClN3O2S.ClH/c20-17-5-2-6-18(13-17)26(24,25)23-11-9-22(10-12-23)14-16-4-1-3-15-7-8-21-19(15)16;/h1-6,13,21H,7-12,14H2;1H. The fourth-order valence-corrected chi connectivity index (χ4v) is 5.41. The molecule has 4 rings (SSSR count). The number of benzene rings is 2. The number of anilines is 1. The number of nitrogens with zero attached hydrogens (tertiary/aromatic N) is 2. The number of fused-ring (bicyclic) bond motifs is 1. The van der Waals surface area contributed by atoms with E-state index >= 15 is 0 Å². The quantitative estimate of drug-likeness (QED) is 0.813. The van der Waals surface area contributed by atoms with E-state index in [1.807, 2.05) is 0 Å². The molecule has 8 heteroatoms. The van der Waals surface area contributed by atoms with E-state index in [-0.39, 0.29) is 17.3 Å². The largest absolute Gasteiger partial charge is 0.384 e. The molecule has 2 aromatic carbocycles. The third kappa shape index (κ3) is 4.25. The smallest absolute Gasteiger partial charge is 0.243 e. The molecule has 5 nitrogen and oxygen atoms in total. The third-order valence-corrected chi connectivity index (χ3v) is 7.22. The Labute approximate surface area is 171 Å². The minimum atomic E-state index is -3.48. The van der Waals surface area contributed by atoms with Gasteiger partial charge in [-0.05, 0) is 35.7 Å². The van der Waals surface area contributed by atoms with E-state index in [0.717, 1.165) is 32.6 Å². The second-order valence-corrected chi connectivity index (χ2v) is 9.14. The zero-order chi connectivity index (χ0) is 18.1. The summed E-state index contributed by atoms with van der Waals surface area (Å²) in [6.45, 7) is 4.29. The average molecular weight is 428 g/mol. The molecule has 2 aliphatic rings. The van der Waals surface area contributed by atoms with Crippen LogP contribution in [0.4, 0.5) is 5.69 Å². The topological polar surface area (TPSA) is 52.7 Å². The molecule has 1 fully saturated rings. The molecule has 1 N–H and O–H groups in total. The van der Waals surface area contributed by atoms with Gasteiger partial charge in [0.05, 0.1) is 4.90 Å². The van der Waals surface area contributed by atoms with Gasteiger partial charge in [-0.25, -0.2) is 8.42 Å². The summed E-state index contributed by atoms with van der Waals surface area (Å²) in [6, 6.07) is 12.9. The number of hydrogen-bond donors (Lipinski definition) is 1. The van der Waals surface area contributed by atoms with Gasteiger partial charge >= 0.3 is 0 Å². The van der Waals surface area contributed by atoms with Gasteiger partial charge in [-0.3, -0.25) is 4.90 Å². The predicted octanol–water partition coefficient (Wildman–Crippen LogP) is 3.24. The maximum atomic E-state index is 12.8. The first-order chi connectivity index (χ1) is 12.5. The Hall–Kier alpha value is -1.31. The summed E-state index contributed by atoms with van der Waals surface area (Å²) in [7, 11) is -3.48. The van der Waals surface area contributed by atoms with Crippen LogP contribution in [0.25, 0.3) is 0 Å². The maximum absolute atomic E-state index is 12.8. The molecule has 146 valence electrons. The molecule has 2 heterocycles. The van der Waals surface area contributed by atoms with Crippen LogP contribution in [-0.4, -0.2) is 50.3 Å². The van der Waals surface area contributed by atoms with Crippen molar-refractivity contribution in [2.75, 3.05) is 38.0 Å². The fraction of sp³-hybridized carbons (Fsp3) is 0.368. The maximum Gasteiger partial charge on any atom is 0.243 e. The van der Waals surface area contributed by atoms with Crippen LogP contribution >= 0.6 is 24.0 Å². The van der Waals surface area contributed by atoms with Crippen molar-refractivity contribution in [1.82, 2.24) is 9.21 Å². The molecular weight excluding hydrogens is 405 g/mol. The number of nitrogens with one attached hydrogen (secondary N) is 1. The highest BCUT2D eigenvalue weighted by atomic mass is 35.5. The molecule has 0 saturated carbocycles. The van der Waals surface area contributed by atoms with Crippen molar-refractivity contribution < 1.29 is 8.42 Å².